The number of nitrogens with zero attached hydrogens (tertiary/aromatic N) is 3. The molecule has 126 valence electrons. The smallest absolute Gasteiger partial charge is 0.258 e. The van der Waals surface area contributed by atoms with Crippen molar-refractivity contribution in [2.75, 3.05) is 10.6 Å². The van der Waals surface area contributed by atoms with Crippen molar-refractivity contribution in [2.45, 2.75) is 13.5 Å². The Bertz CT molecular complexity index is 868. The Morgan fingerprint density at radius 2 is 1.92 bits per heavy atom. The summed E-state index contributed by atoms with van der Waals surface area (Å²) in [5, 5.41) is 6.50. The number of nitrogens with one attached hydrogen (secondary N) is 2. The van der Waals surface area contributed by atoms with E-state index in [1.54, 1.807) is 30.6 Å². The molecule has 0 fully saturated rings. The van der Waals surface area contributed by atoms with Gasteiger partial charge >= 0.3 is 0 Å². The molecule has 2 heterocycles. The zero-order valence-corrected chi connectivity index (χ0v) is 14.3. The van der Waals surface area contributed by atoms with Gasteiger partial charge in [-0.05, 0) is 36.2 Å². The maximum atomic E-state index is 12.3. The second kappa shape index (κ2) is 7.72. The quantitative estimate of drug-likeness (QED) is 0.731. The van der Waals surface area contributed by atoms with Crippen LogP contribution in [0.4, 0.5) is 11.6 Å². The lowest BCUT2D eigenvalue weighted by molar-refractivity contribution is 0.102. The average Bonchev–Trinajstić information content (AvgIpc) is 2.65. The molecule has 0 atom stereocenters. The Labute approximate surface area is 150 Å². The van der Waals surface area contributed by atoms with Crippen molar-refractivity contribution in [1.82, 2.24) is 15.0 Å². The highest BCUT2D eigenvalue weighted by Crippen LogP contribution is 2.23. The number of hydrogen-bond acceptors (Lipinski definition) is 5. The van der Waals surface area contributed by atoms with E-state index in [-0.39, 0.29) is 5.91 Å². The molecule has 0 bridgehead atoms. The molecule has 25 heavy (non-hydrogen) atoms. The molecule has 3 aromatic rings. The van der Waals surface area contributed by atoms with E-state index < -0.39 is 0 Å². The summed E-state index contributed by atoms with van der Waals surface area (Å²) < 4.78 is 0. The first-order valence-corrected chi connectivity index (χ1v) is 8.02. The minimum Gasteiger partial charge on any atom is -0.350 e. The molecule has 0 aliphatic heterocycles. The number of benzene rings is 1. The molecule has 0 aliphatic carbocycles. The van der Waals surface area contributed by atoms with Crippen LogP contribution in [0.3, 0.4) is 0 Å². The van der Waals surface area contributed by atoms with Gasteiger partial charge in [0, 0.05) is 42.0 Å². The number of pyridine rings is 1. The summed E-state index contributed by atoms with van der Waals surface area (Å²) in [5.41, 5.74) is 2.86. The number of rotatable bonds is 5. The molecule has 0 saturated heterocycles. The molecule has 0 radical (unpaired) electrons. The molecule has 0 saturated carbocycles. The van der Waals surface area contributed by atoms with Crippen LogP contribution in [0, 0.1) is 6.92 Å². The fourth-order valence-corrected chi connectivity index (χ4v) is 2.33. The van der Waals surface area contributed by atoms with Crippen LogP contribution in [0.25, 0.3) is 0 Å². The highest BCUT2D eigenvalue weighted by molar-refractivity contribution is 6.31. The van der Waals surface area contributed by atoms with Gasteiger partial charge in [0.25, 0.3) is 5.91 Å². The Morgan fingerprint density at radius 1 is 1.12 bits per heavy atom. The molecule has 3 rings (SSSR count). The van der Waals surface area contributed by atoms with Crippen LogP contribution in [0.1, 0.15) is 21.5 Å². The SMILES string of the molecule is Cc1c(Cl)cccc1NC(=O)c1cnc(NCc2cccnc2)nc1. The predicted octanol–water partition coefficient (Wildman–Crippen LogP) is 3.70. The van der Waals surface area contributed by atoms with Crippen molar-refractivity contribution in [3.8, 4) is 0 Å². The van der Waals surface area contributed by atoms with Gasteiger partial charge in [-0.2, -0.15) is 0 Å². The van der Waals surface area contributed by atoms with Gasteiger partial charge in [-0.15, -0.1) is 0 Å². The van der Waals surface area contributed by atoms with Crippen molar-refractivity contribution in [1.29, 1.82) is 0 Å². The monoisotopic (exact) mass is 353 g/mol. The number of amides is 1. The summed E-state index contributed by atoms with van der Waals surface area (Å²) in [6.45, 7) is 2.40. The van der Waals surface area contributed by atoms with Gasteiger partial charge < -0.3 is 10.6 Å². The lowest BCUT2D eigenvalue weighted by Gasteiger charge is -2.09. The number of aromatic nitrogens is 3. The molecule has 7 heteroatoms. The number of anilines is 2. The van der Waals surface area contributed by atoms with E-state index in [4.69, 9.17) is 11.6 Å². The van der Waals surface area contributed by atoms with Crippen LogP contribution in [0.15, 0.2) is 55.1 Å². The zero-order valence-electron chi connectivity index (χ0n) is 13.5. The first-order chi connectivity index (χ1) is 12.1. The summed E-state index contributed by atoms with van der Waals surface area (Å²) in [4.78, 5) is 24.7. The van der Waals surface area contributed by atoms with Gasteiger partial charge in [0.2, 0.25) is 5.95 Å². The largest absolute Gasteiger partial charge is 0.350 e. The molecule has 0 spiro atoms. The van der Waals surface area contributed by atoms with E-state index in [9.17, 15) is 4.79 Å². The lowest BCUT2D eigenvalue weighted by Crippen LogP contribution is -2.14. The molecule has 0 aliphatic rings. The van der Waals surface area contributed by atoms with Crippen LogP contribution < -0.4 is 10.6 Å². The average molecular weight is 354 g/mol. The van der Waals surface area contributed by atoms with Crippen LogP contribution in [-0.2, 0) is 6.54 Å². The number of carbonyl (C=O) groups is 1. The first kappa shape index (κ1) is 16.9. The number of hydrogen-bond donors (Lipinski definition) is 2. The van der Waals surface area contributed by atoms with Crippen molar-refractivity contribution in [2.24, 2.45) is 0 Å². The van der Waals surface area contributed by atoms with Gasteiger partial charge in [0.15, 0.2) is 0 Å². The fraction of sp³-hybridized carbons (Fsp3) is 0.111. The third-order valence-corrected chi connectivity index (χ3v) is 4.01. The normalized spacial score (nSPS) is 10.3. The maximum absolute atomic E-state index is 12.3. The second-order valence-corrected chi connectivity index (χ2v) is 5.78. The van der Waals surface area contributed by atoms with Crippen molar-refractivity contribution in [3.63, 3.8) is 0 Å². The molecular weight excluding hydrogens is 338 g/mol. The van der Waals surface area contributed by atoms with Crippen molar-refractivity contribution < 1.29 is 4.79 Å². The van der Waals surface area contributed by atoms with Crippen LogP contribution in [0.2, 0.25) is 5.02 Å². The van der Waals surface area contributed by atoms with Crippen LogP contribution >= 0.6 is 11.6 Å². The number of carbonyl (C=O) groups excluding carboxylic acids is 1. The Kier molecular flexibility index (Phi) is 5.20. The molecule has 0 unspecified atom stereocenters. The Balaban J connectivity index is 1.63. The maximum Gasteiger partial charge on any atom is 0.258 e. The van der Waals surface area contributed by atoms with E-state index >= 15 is 0 Å². The minimum absolute atomic E-state index is 0.288. The van der Waals surface area contributed by atoms with E-state index in [0.717, 1.165) is 11.1 Å². The molecule has 1 amide bonds. The fourth-order valence-electron chi connectivity index (χ4n) is 2.16. The lowest BCUT2D eigenvalue weighted by atomic mass is 10.2. The number of halogens is 1. The summed E-state index contributed by atoms with van der Waals surface area (Å²) in [6, 6.07) is 9.17. The van der Waals surface area contributed by atoms with Gasteiger partial charge in [0.05, 0.1) is 5.56 Å². The molecule has 6 nitrogen and oxygen atoms in total. The first-order valence-electron chi connectivity index (χ1n) is 7.65. The third-order valence-electron chi connectivity index (χ3n) is 3.60. The summed E-state index contributed by atoms with van der Waals surface area (Å²) >= 11 is 6.06. The Morgan fingerprint density at radius 3 is 2.64 bits per heavy atom. The second-order valence-electron chi connectivity index (χ2n) is 5.38. The van der Waals surface area contributed by atoms with Gasteiger partial charge in [-0.3, -0.25) is 9.78 Å². The van der Waals surface area contributed by atoms with E-state index in [2.05, 4.69) is 25.6 Å². The van der Waals surface area contributed by atoms with Crippen molar-refractivity contribution in [3.05, 3.63) is 76.8 Å². The van der Waals surface area contributed by atoms with Crippen LogP contribution in [0.5, 0.6) is 0 Å². The van der Waals surface area contributed by atoms with Gasteiger partial charge in [-0.25, -0.2) is 9.97 Å². The predicted molar refractivity (Wildman–Crippen MR) is 97.7 cm³/mol. The summed E-state index contributed by atoms with van der Waals surface area (Å²) in [7, 11) is 0. The van der Waals surface area contributed by atoms with Crippen LogP contribution in [-0.4, -0.2) is 20.9 Å². The van der Waals surface area contributed by atoms with E-state index in [0.29, 0.717) is 28.8 Å². The van der Waals surface area contributed by atoms with Gasteiger partial charge in [-0.1, -0.05) is 23.7 Å². The zero-order chi connectivity index (χ0) is 17.6. The Hall–Kier alpha value is -2.99. The highest BCUT2D eigenvalue weighted by atomic mass is 35.5. The van der Waals surface area contributed by atoms with E-state index in [1.165, 1.54) is 12.4 Å². The highest BCUT2D eigenvalue weighted by Gasteiger charge is 2.10. The molecule has 2 aromatic heterocycles. The third kappa shape index (κ3) is 4.30. The standard InChI is InChI=1S/C18H16ClN5O/c1-12-15(19)5-2-6-16(12)24-17(25)14-10-22-18(23-11-14)21-9-13-4-3-7-20-8-13/h2-8,10-11H,9H2,1H3,(H,24,25)(H,21,22,23). The summed E-state index contributed by atoms with van der Waals surface area (Å²) in [5.74, 6) is 0.156. The van der Waals surface area contributed by atoms with E-state index in [1.807, 2.05) is 19.1 Å². The minimum atomic E-state index is -0.288. The molecular formula is C18H16ClN5O. The van der Waals surface area contributed by atoms with Crippen molar-refractivity contribution >= 4 is 29.1 Å². The molecule has 2 N–H and O–H groups in total. The topological polar surface area (TPSA) is 79.8 Å². The van der Waals surface area contributed by atoms with Gasteiger partial charge in [0.1, 0.15) is 0 Å². The molecule has 1 aromatic carbocycles. The summed E-state index contributed by atoms with van der Waals surface area (Å²) in [6.07, 6.45) is 6.44.